The zero-order chi connectivity index (χ0) is 26.0. The van der Waals surface area contributed by atoms with Gasteiger partial charge in [0.1, 0.15) is 0 Å². The van der Waals surface area contributed by atoms with Crippen LogP contribution >= 0.6 is 0 Å². The highest BCUT2D eigenvalue weighted by molar-refractivity contribution is 5.67. The van der Waals surface area contributed by atoms with Crippen LogP contribution in [0.4, 0.5) is 0 Å². The molecular weight excluding hydrogens is 432 g/mol. The summed E-state index contributed by atoms with van der Waals surface area (Å²) in [7, 11) is 0. The van der Waals surface area contributed by atoms with E-state index in [2.05, 4.69) is 75.8 Å². The van der Waals surface area contributed by atoms with E-state index >= 15 is 0 Å². The zero-order valence-corrected chi connectivity index (χ0v) is 22.9. The predicted octanol–water partition coefficient (Wildman–Crippen LogP) is 3.51. The predicted molar refractivity (Wildman–Crippen MR) is 136 cm³/mol. The van der Waals surface area contributed by atoms with E-state index in [-0.39, 0.29) is 35.0 Å². The molecule has 2 heterocycles. The third kappa shape index (κ3) is 6.31. The minimum Gasteiger partial charge on any atom is -0.481 e. The second-order valence-electron chi connectivity index (χ2n) is 13.0. The Hall–Kier alpha value is -1.22. The van der Waals surface area contributed by atoms with Crippen LogP contribution in [0.2, 0.25) is 0 Å². The van der Waals surface area contributed by atoms with Crippen molar-refractivity contribution < 1.29 is 19.8 Å². The Morgan fingerprint density at radius 2 is 1.03 bits per heavy atom. The maximum Gasteiger partial charge on any atom is 0.303 e. The van der Waals surface area contributed by atoms with Crippen LogP contribution in [0.15, 0.2) is 0 Å². The number of carboxylic acids is 2. The number of carbonyl (C=O) groups is 2. The fourth-order valence-corrected chi connectivity index (χ4v) is 7.40. The van der Waals surface area contributed by atoms with E-state index in [4.69, 9.17) is 5.11 Å². The molecule has 0 spiro atoms. The normalized spacial score (nSPS) is 24.6. The molecule has 0 radical (unpaired) electrons. The van der Waals surface area contributed by atoms with Gasteiger partial charge < -0.3 is 20.8 Å². The second kappa shape index (κ2) is 10.4. The van der Waals surface area contributed by atoms with Gasteiger partial charge in [0.15, 0.2) is 0 Å². The van der Waals surface area contributed by atoms with Gasteiger partial charge in [-0.25, -0.2) is 0 Å². The molecule has 0 bridgehead atoms. The smallest absolute Gasteiger partial charge is 0.303 e. The van der Waals surface area contributed by atoms with Crippen molar-refractivity contribution >= 4 is 11.9 Å². The van der Waals surface area contributed by atoms with Gasteiger partial charge in [-0.1, -0.05) is 12.8 Å². The molecule has 0 aliphatic carbocycles. The average Bonchev–Trinajstić information content (AvgIpc) is 2.62. The summed E-state index contributed by atoms with van der Waals surface area (Å²) < 4.78 is 0. The van der Waals surface area contributed by atoms with Crippen molar-refractivity contribution in [3.63, 3.8) is 0 Å². The molecule has 4 N–H and O–H groups in total. The zero-order valence-electron chi connectivity index (χ0n) is 22.9. The van der Waals surface area contributed by atoms with Crippen LogP contribution < -0.4 is 10.6 Å². The number of aliphatic carboxylic acids is 2. The molecule has 0 aromatic carbocycles. The Morgan fingerprint density at radius 3 is 1.38 bits per heavy atom. The summed E-state index contributed by atoms with van der Waals surface area (Å²) >= 11 is 0. The number of hydrogen-bond acceptors (Lipinski definition) is 6. The van der Waals surface area contributed by atoms with E-state index in [9.17, 15) is 14.7 Å². The van der Waals surface area contributed by atoms with Crippen LogP contribution in [0, 0.1) is 0 Å². The Kier molecular flexibility index (Phi) is 8.88. The highest BCUT2D eigenvalue weighted by Crippen LogP contribution is 2.49. The van der Waals surface area contributed by atoms with Crippen LogP contribution in [0.25, 0.3) is 0 Å². The quantitative estimate of drug-likeness (QED) is 0.332. The van der Waals surface area contributed by atoms with Crippen LogP contribution in [-0.2, 0) is 9.59 Å². The molecular formula is C26H50N4O4. The van der Waals surface area contributed by atoms with Gasteiger partial charge in [-0.3, -0.25) is 19.4 Å². The van der Waals surface area contributed by atoms with Gasteiger partial charge in [-0.2, -0.15) is 0 Å². The van der Waals surface area contributed by atoms with Crippen LogP contribution in [-0.4, -0.2) is 85.9 Å². The first-order chi connectivity index (χ1) is 15.5. The van der Waals surface area contributed by atoms with Crippen molar-refractivity contribution in [1.82, 2.24) is 20.4 Å². The Labute approximate surface area is 206 Å². The molecule has 34 heavy (non-hydrogen) atoms. The number of nitrogens with one attached hydrogen (secondary N) is 2. The second-order valence-corrected chi connectivity index (χ2v) is 13.0. The maximum absolute atomic E-state index is 12.0. The first-order valence-electron chi connectivity index (χ1n) is 12.9. The number of unbranched alkanes of at least 4 members (excludes halogenated alkanes) is 2. The van der Waals surface area contributed by atoms with Crippen molar-refractivity contribution in [1.29, 1.82) is 0 Å². The topological polar surface area (TPSA) is 105 Å². The molecule has 198 valence electrons. The van der Waals surface area contributed by atoms with Crippen molar-refractivity contribution in [3.05, 3.63) is 0 Å². The van der Waals surface area contributed by atoms with Gasteiger partial charge in [0.2, 0.25) is 0 Å². The molecule has 0 amide bonds. The number of carboxylic acid groups (broad SMARTS) is 2. The van der Waals surface area contributed by atoms with E-state index < -0.39 is 17.6 Å². The van der Waals surface area contributed by atoms with Gasteiger partial charge in [-0.15, -0.1) is 0 Å². The first-order valence-corrected chi connectivity index (χ1v) is 12.9. The van der Waals surface area contributed by atoms with Crippen molar-refractivity contribution in [2.75, 3.05) is 26.2 Å². The molecule has 2 rings (SSSR count). The van der Waals surface area contributed by atoms with Gasteiger partial charge >= 0.3 is 11.9 Å². The lowest BCUT2D eigenvalue weighted by Crippen LogP contribution is -2.84. The van der Waals surface area contributed by atoms with E-state index in [0.717, 1.165) is 45.4 Å². The van der Waals surface area contributed by atoms with Crippen LogP contribution in [0.3, 0.4) is 0 Å². The lowest BCUT2D eigenvalue weighted by atomic mass is 9.75. The molecule has 0 atom stereocenters. The summed E-state index contributed by atoms with van der Waals surface area (Å²) in [5, 5.41) is 26.2. The summed E-state index contributed by atoms with van der Waals surface area (Å²) in [4.78, 5) is 28.3. The maximum atomic E-state index is 12.0. The first kappa shape index (κ1) is 29.0. The third-order valence-corrected chi connectivity index (χ3v) is 7.69. The molecule has 2 aliphatic heterocycles. The van der Waals surface area contributed by atoms with Gasteiger partial charge in [0.05, 0.1) is 5.66 Å². The molecule has 0 aromatic heterocycles. The van der Waals surface area contributed by atoms with Crippen molar-refractivity contribution in [3.8, 4) is 0 Å². The Morgan fingerprint density at radius 1 is 0.647 bits per heavy atom. The molecule has 2 fully saturated rings. The highest BCUT2D eigenvalue weighted by Gasteiger charge is 2.60. The van der Waals surface area contributed by atoms with E-state index in [1.165, 1.54) is 0 Å². The Balaban J connectivity index is 2.67. The minimum absolute atomic E-state index is 0.0985. The van der Waals surface area contributed by atoms with Crippen LogP contribution in [0.1, 0.15) is 100 Å². The molecule has 0 unspecified atom stereocenters. The van der Waals surface area contributed by atoms with Gasteiger partial charge in [0, 0.05) is 61.2 Å². The Bertz CT molecular complexity index is 662. The lowest BCUT2D eigenvalue weighted by Gasteiger charge is -2.70. The summed E-state index contributed by atoms with van der Waals surface area (Å²) in [6, 6.07) is 0. The minimum atomic E-state index is -0.772. The summed E-state index contributed by atoms with van der Waals surface area (Å²) in [6.45, 7) is 21.5. The molecule has 8 heteroatoms. The van der Waals surface area contributed by atoms with E-state index in [0.29, 0.717) is 12.8 Å². The molecule has 2 saturated heterocycles. The largest absolute Gasteiger partial charge is 0.481 e. The summed E-state index contributed by atoms with van der Waals surface area (Å²) in [6.07, 6.45) is 3.94. The van der Waals surface area contributed by atoms with E-state index in [1.54, 1.807) is 0 Å². The highest BCUT2D eigenvalue weighted by atomic mass is 16.4. The lowest BCUT2D eigenvalue weighted by molar-refractivity contribution is -0.236. The molecule has 0 saturated carbocycles. The van der Waals surface area contributed by atoms with Crippen molar-refractivity contribution in [2.45, 2.75) is 128 Å². The standard InChI is InChI=1S/C26H50N4O4/c1-22(2)16-27-17-23(3,4)29(22)26(15-13-21(33)34,14-11-9-10-12-20(31)32)30-24(5,6)18-28-19-25(30,7)8/h27-28H,9-19H2,1-8H3,(H,31,32)(H,33,34). The number of rotatable bonds is 11. The fourth-order valence-electron chi connectivity index (χ4n) is 7.40. The monoisotopic (exact) mass is 482 g/mol. The van der Waals surface area contributed by atoms with E-state index in [1.807, 2.05) is 0 Å². The summed E-state index contributed by atoms with van der Waals surface area (Å²) in [5.74, 6) is -1.53. The van der Waals surface area contributed by atoms with Crippen molar-refractivity contribution in [2.24, 2.45) is 0 Å². The fraction of sp³-hybridized carbons (Fsp3) is 0.923. The molecule has 8 nitrogen and oxygen atoms in total. The third-order valence-electron chi connectivity index (χ3n) is 7.69. The SMILES string of the molecule is CC1(C)CNCC(C)(C)N1C(CCCCCC(=O)O)(CCC(=O)O)N1C(C)(C)CNCC1(C)C. The number of hydrogen-bond donors (Lipinski definition) is 4. The number of nitrogens with zero attached hydrogens (tertiary/aromatic N) is 2. The van der Waals surface area contributed by atoms with Gasteiger partial charge in [0.25, 0.3) is 0 Å². The van der Waals surface area contributed by atoms with Gasteiger partial charge in [-0.05, 0) is 74.7 Å². The molecule has 0 aromatic rings. The van der Waals surface area contributed by atoms with Crippen LogP contribution in [0.5, 0.6) is 0 Å². The molecule has 2 aliphatic rings. The average molecular weight is 483 g/mol. The number of piperazine rings is 2. The summed E-state index contributed by atoms with van der Waals surface area (Å²) in [5.41, 5.74) is -1.28.